The smallest absolute Gasteiger partial charge is 0.164 e. The van der Waals surface area contributed by atoms with Gasteiger partial charge in [-0.3, -0.25) is 9.91 Å². The third kappa shape index (κ3) is 4.75. The monoisotopic (exact) mass is 419 g/mol. The SMILES string of the molecule is COc1cc(OC)c(OC)cc1/C=N/N1CCN(Cc2cccc3ccccc23)CC1. The minimum absolute atomic E-state index is 0.638. The summed E-state index contributed by atoms with van der Waals surface area (Å²) in [5, 5.41) is 9.43. The van der Waals surface area contributed by atoms with E-state index < -0.39 is 0 Å². The van der Waals surface area contributed by atoms with E-state index in [1.54, 1.807) is 21.3 Å². The number of ether oxygens (including phenoxy) is 3. The van der Waals surface area contributed by atoms with Crippen LogP contribution in [0.5, 0.6) is 17.2 Å². The molecule has 1 aliphatic rings. The average molecular weight is 420 g/mol. The molecule has 0 unspecified atom stereocenters. The van der Waals surface area contributed by atoms with E-state index in [9.17, 15) is 0 Å². The Bertz CT molecular complexity index is 1050. The van der Waals surface area contributed by atoms with Gasteiger partial charge in [-0.2, -0.15) is 5.10 Å². The van der Waals surface area contributed by atoms with Crippen molar-refractivity contribution < 1.29 is 14.2 Å². The Morgan fingerprint density at radius 2 is 1.48 bits per heavy atom. The highest BCUT2D eigenvalue weighted by Crippen LogP contribution is 2.33. The summed E-state index contributed by atoms with van der Waals surface area (Å²) in [5.74, 6) is 2.00. The van der Waals surface area contributed by atoms with Gasteiger partial charge in [0.2, 0.25) is 0 Å². The van der Waals surface area contributed by atoms with Crippen LogP contribution in [0.15, 0.2) is 59.7 Å². The van der Waals surface area contributed by atoms with Crippen molar-refractivity contribution in [3.05, 3.63) is 65.7 Å². The lowest BCUT2D eigenvalue weighted by molar-refractivity contribution is 0.131. The second-order valence-corrected chi connectivity index (χ2v) is 7.56. The molecule has 0 saturated carbocycles. The summed E-state index contributed by atoms with van der Waals surface area (Å²) in [6.45, 7) is 4.68. The summed E-state index contributed by atoms with van der Waals surface area (Å²) in [6, 6.07) is 18.9. The van der Waals surface area contributed by atoms with Crippen molar-refractivity contribution in [3.63, 3.8) is 0 Å². The molecule has 1 saturated heterocycles. The first kappa shape index (κ1) is 21.0. The second kappa shape index (κ2) is 9.71. The summed E-state index contributed by atoms with van der Waals surface area (Å²) >= 11 is 0. The Morgan fingerprint density at radius 3 is 2.23 bits per heavy atom. The van der Waals surface area contributed by atoms with E-state index in [4.69, 9.17) is 14.2 Å². The van der Waals surface area contributed by atoms with Crippen molar-refractivity contribution in [2.75, 3.05) is 47.5 Å². The molecular formula is C25H29N3O3. The molecule has 3 aromatic rings. The fraction of sp³-hybridized carbons (Fsp3) is 0.320. The highest BCUT2D eigenvalue weighted by molar-refractivity contribution is 5.86. The van der Waals surface area contributed by atoms with E-state index in [1.807, 2.05) is 18.3 Å². The van der Waals surface area contributed by atoms with Crippen LogP contribution in [0.3, 0.4) is 0 Å². The van der Waals surface area contributed by atoms with Crippen molar-refractivity contribution >= 4 is 17.0 Å². The van der Waals surface area contributed by atoms with Gasteiger partial charge in [-0.25, -0.2) is 0 Å². The van der Waals surface area contributed by atoms with Gasteiger partial charge in [0.15, 0.2) is 11.5 Å². The third-order valence-electron chi connectivity index (χ3n) is 5.72. The van der Waals surface area contributed by atoms with Gasteiger partial charge in [0.05, 0.1) is 27.5 Å². The molecule has 31 heavy (non-hydrogen) atoms. The largest absolute Gasteiger partial charge is 0.496 e. The number of rotatable bonds is 7. The fourth-order valence-electron chi connectivity index (χ4n) is 3.98. The Labute approximate surface area is 183 Å². The molecule has 162 valence electrons. The number of benzene rings is 3. The highest BCUT2D eigenvalue weighted by atomic mass is 16.5. The maximum absolute atomic E-state index is 5.49. The summed E-state index contributed by atoms with van der Waals surface area (Å²) in [5.41, 5.74) is 2.24. The summed E-state index contributed by atoms with van der Waals surface area (Å²) < 4.78 is 16.2. The van der Waals surface area contributed by atoms with Gasteiger partial charge in [0, 0.05) is 44.4 Å². The normalized spacial score (nSPS) is 14.9. The van der Waals surface area contributed by atoms with Crippen molar-refractivity contribution in [1.29, 1.82) is 0 Å². The molecule has 0 radical (unpaired) electrons. The molecule has 1 aliphatic heterocycles. The predicted octanol–water partition coefficient (Wildman–Crippen LogP) is 4.02. The summed E-state index contributed by atoms with van der Waals surface area (Å²) in [7, 11) is 4.88. The van der Waals surface area contributed by atoms with Crippen molar-refractivity contribution in [2.45, 2.75) is 6.54 Å². The Morgan fingerprint density at radius 1 is 0.806 bits per heavy atom. The molecule has 6 nitrogen and oxygen atoms in total. The van der Waals surface area contributed by atoms with E-state index in [1.165, 1.54) is 16.3 Å². The molecule has 1 heterocycles. The zero-order chi connectivity index (χ0) is 21.6. The van der Waals surface area contributed by atoms with Crippen LogP contribution in [0.2, 0.25) is 0 Å². The molecule has 3 aromatic carbocycles. The van der Waals surface area contributed by atoms with Crippen LogP contribution in [0, 0.1) is 0 Å². The lowest BCUT2D eigenvalue weighted by Crippen LogP contribution is -2.43. The first-order chi connectivity index (χ1) is 15.2. The van der Waals surface area contributed by atoms with Crippen LogP contribution in [-0.4, -0.2) is 63.6 Å². The van der Waals surface area contributed by atoms with Crippen LogP contribution in [0.25, 0.3) is 10.8 Å². The number of fused-ring (bicyclic) bond motifs is 1. The number of hydrogen-bond acceptors (Lipinski definition) is 6. The summed E-state index contributed by atoms with van der Waals surface area (Å²) in [6.07, 6.45) is 1.83. The van der Waals surface area contributed by atoms with Gasteiger partial charge < -0.3 is 14.2 Å². The zero-order valence-electron chi connectivity index (χ0n) is 18.4. The predicted molar refractivity (Wildman–Crippen MR) is 124 cm³/mol. The molecule has 0 aromatic heterocycles. The van der Waals surface area contributed by atoms with Crippen molar-refractivity contribution in [3.8, 4) is 17.2 Å². The second-order valence-electron chi connectivity index (χ2n) is 7.56. The summed E-state index contributed by atoms with van der Waals surface area (Å²) in [4.78, 5) is 2.49. The molecule has 4 rings (SSSR count). The maximum atomic E-state index is 5.49. The highest BCUT2D eigenvalue weighted by Gasteiger charge is 2.17. The molecule has 0 atom stereocenters. The number of nitrogens with zero attached hydrogens (tertiary/aromatic N) is 3. The lowest BCUT2D eigenvalue weighted by atomic mass is 10.0. The average Bonchev–Trinajstić information content (AvgIpc) is 2.83. The quantitative estimate of drug-likeness (QED) is 0.542. The standard InChI is InChI=1S/C25H29N3O3/c1-29-23-16-25(31-3)24(30-2)15-21(23)17-26-28-13-11-27(12-14-28)18-20-9-6-8-19-7-4-5-10-22(19)20/h4-10,15-17H,11-14,18H2,1-3H3/b26-17+. The van der Waals surface area contributed by atoms with Gasteiger partial charge >= 0.3 is 0 Å². The van der Waals surface area contributed by atoms with Gasteiger partial charge in [-0.1, -0.05) is 42.5 Å². The topological polar surface area (TPSA) is 46.5 Å². The van der Waals surface area contributed by atoms with Gasteiger partial charge in [0.1, 0.15) is 5.75 Å². The van der Waals surface area contributed by atoms with Gasteiger partial charge in [-0.15, -0.1) is 0 Å². The number of hydrogen-bond donors (Lipinski definition) is 0. The first-order valence-corrected chi connectivity index (χ1v) is 10.5. The van der Waals surface area contributed by atoms with E-state index in [0.29, 0.717) is 17.2 Å². The minimum atomic E-state index is 0.638. The molecule has 0 amide bonds. The molecule has 6 heteroatoms. The maximum Gasteiger partial charge on any atom is 0.164 e. The van der Waals surface area contributed by atoms with Crippen LogP contribution in [-0.2, 0) is 6.54 Å². The van der Waals surface area contributed by atoms with Gasteiger partial charge in [0.25, 0.3) is 0 Å². The molecule has 1 fully saturated rings. The third-order valence-corrected chi connectivity index (χ3v) is 5.72. The Kier molecular flexibility index (Phi) is 6.57. The molecule has 0 spiro atoms. The van der Waals surface area contributed by atoms with E-state index >= 15 is 0 Å². The van der Waals surface area contributed by atoms with Gasteiger partial charge in [-0.05, 0) is 22.4 Å². The number of piperazine rings is 1. The molecule has 0 aliphatic carbocycles. The van der Waals surface area contributed by atoms with E-state index in [2.05, 4.69) is 57.5 Å². The molecule has 0 N–H and O–H groups in total. The fourth-order valence-corrected chi connectivity index (χ4v) is 3.98. The van der Waals surface area contributed by atoms with Crippen LogP contribution in [0.1, 0.15) is 11.1 Å². The van der Waals surface area contributed by atoms with E-state index in [0.717, 1.165) is 38.3 Å². The molecule has 0 bridgehead atoms. The first-order valence-electron chi connectivity index (χ1n) is 10.5. The number of methoxy groups -OCH3 is 3. The minimum Gasteiger partial charge on any atom is -0.496 e. The van der Waals surface area contributed by atoms with Crippen molar-refractivity contribution in [2.24, 2.45) is 5.10 Å². The Hall–Kier alpha value is -3.25. The lowest BCUT2D eigenvalue weighted by Gasteiger charge is -2.33. The van der Waals surface area contributed by atoms with Crippen LogP contribution in [0.4, 0.5) is 0 Å². The zero-order valence-corrected chi connectivity index (χ0v) is 18.4. The van der Waals surface area contributed by atoms with Crippen LogP contribution < -0.4 is 14.2 Å². The number of hydrazone groups is 1. The van der Waals surface area contributed by atoms with Crippen LogP contribution >= 0.6 is 0 Å². The van der Waals surface area contributed by atoms with E-state index in [-0.39, 0.29) is 0 Å². The van der Waals surface area contributed by atoms with Crippen molar-refractivity contribution in [1.82, 2.24) is 9.91 Å². The Balaban J connectivity index is 1.40. The molecular weight excluding hydrogens is 390 g/mol.